The molecule has 0 amide bonds. The van der Waals surface area contributed by atoms with Gasteiger partial charge in [0.05, 0.1) is 40.6 Å². The molecule has 3 fully saturated rings. The number of hydrogen-bond acceptors (Lipinski definition) is 12. The van der Waals surface area contributed by atoms with Crippen molar-refractivity contribution in [3.8, 4) is 22.6 Å². The van der Waals surface area contributed by atoms with Crippen LogP contribution in [0.3, 0.4) is 0 Å². The Balaban J connectivity index is 1.14. The molecule has 13 nitrogen and oxygen atoms in total. The molecule has 4 aromatic rings. The van der Waals surface area contributed by atoms with Crippen LogP contribution in [0.2, 0.25) is 0 Å². The zero-order chi connectivity index (χ0) is 31.2. The minimum Gasteiger partial charge on any atom is -0.390 e. The third-order valence-corrected chi connectivity index (χ3v) is 10.7. The van der Waals surface area contributed by atoms with Crippen LogP contribution in [0.4, 0.5) is 17.3 Å². The van der Waals surface area contributed by atoms with Crippen molar-refractivity contribution >= 4 is 27.3 Å². The SMILES string of the molecule is CC1(O)CCC(Nc2cc(Nc3ccnc(-c4cnn(S(=O)(=O)C5CC5)c4)n3)ncc2-c2cc(CN3CC(O)C3)ccn2)CC1. The molecular weight excluding hydrogens is 594 g/mol. The Labute approximate surface area is 261 Å². The standard InChI is InChI=1S/C31H37N9O4S/c1-31(42)8-4-22(5-9-31)36-27-13-29(34-15-25(27)26-12-20(6-10-32-26)16-39-18-23(41)19-39)37-28-7-11-33-30(38-28)21-14-35-40(17-21)45(43,44)24-2-3-24/h6-7,10-15,17,22-24,41-42H,2-5,8-9,16,18-19H2,1H3,(H2,33,34,36,37,38). The van der Waals surface area contributed by atoms with E-state index in [0.717, 1.165) is 46.0 Å². The Morgan fingerprint density at radius 3 is 2.53 bits per heavy atom. The fourth-order valence-electron chi connectivity index (χ4n) is 5.88. The highest BCUT2D eigenvalue weighted by Gasteiger charge is 2.38. The van der Waals surface area contributed by atoms with Crippen LogP contribution in [0.5, 0.6) is 0 Å². The molecule has 2 aliphatic carbocycles. The van der Waals surface area contributed by atoms with Crippen LogP contribution in [-0.4, -0.2) is 88.7 Å². The number of hydrogen-bond donors (Lipinski definition) is 4. The number of likely N-dealkylation sites (tertiary alicyclic amines) is 1. The molecule has 5 heterocycles. The van der Waals surface area contributed by atoms with Crippen LogP contribution < -0.4 is 10.6 Å². The molecule has 0 spiro atoms. The lowest BCUT2D eigenvalue weighted by Crippen LogP contribution is -2.49. The summed E-state index contributed by atoms with van der Waals surface area (Å²) in [5, 5.41) is 30.8. The summed E-state index contributed by atoms with van der Waals surface area (Å²) in [6.45, 7) is 3.97. The van der Waals surface area contributed by atoms with Crippen molar-refractivity contribution in [2.75, 3.05) is 23.7 Å². The summed E-state index contributed by atoms with van der Waals surface area (Å²) in [7, 11) is -3.49. The zero-order valence-electron chi connectivity index (χ0n) is 25.0. The van der Waals surface area contributed by atoms with Crippen LogP contribution in [0, 0.1) is 0 Å². The molecule has 4 N–H and O–H groups in total. The van der Waals surface area contributed by atoms with Gasteiger partial charge in [-0.3, -0.25) is 9.88 Å². The monoisotopic (exact) mass is 631 g/mol. The summed E-state index contributed by atoms with van der Waals surface area (Å²) < 4.78 is 26.2. The molecule has 0 radical (unpaired) electrons. The third kappa shape index (κ3) is 6.69. The molecule has 7 rings (SSSR count). The van der Waals surface area contributed by atoms with Gasteiger partial charge in [0, 0.05) is 61.6 Å². The van der Waals surface area contributed by atoms with Crippen LogP contribution >= 0.6 is 0 Å². The topological polar surface area (TPSA) is 171 Å². The van der Waals surface area contributed by atoms with Gasteiger partial charge in [0.25, 0.3) is 10.0 Å². The van der Waals surface area contributed by atoms with Crippen LogP contribution in [0.15, 0.2) is 55.2 Å². The van der Waals surface area contributed by atoms with Gasteiger partial charge in [0.15, 0.2) is 5.82 Å². The average Bonchev–Trinajstić information content (AvgIpc) is 3.75. The van der Waals surface area contributed by atoms with E-state index in [9.17, 15) is 18.6 Å². The van der Waals surface area contributed by atoms with E-state index in [1.165, 1.54) is 12.4 Å². The maximum Gasteiger partial charge on any atom is 0.256 e. The van der Waals surface area contributed by atoms with Gasteiger partial charge in [0.2, 0.25) is 0 Å². The van der Waals surface area contributed by atoms with Crippen LogP contribution in [0.25, 0.3) is 22.6 Å². The first kappa shape index (κ1) is 29.7. The van der Waals surface area contributed by atoms with Crippen molar-refractivity contribution in [1.82, 2.24) is 34.0 Å². The maximum atomic E-state index is 12.6. The van der Waals surface area contributed by atoms with Gasteiger partial charge in [0.1, 0.15) is 11.6 Å². The highest BCUT2D eigenvalue weighted by Crippen LogP contribution is 2.35. The summed E-state index contributed by atoms with van der Waals surface area (Å²) in [5.74, 6) is 1.40. The Kier molecular flexibility index (Phi) is 7.76. The van der Waals surface area contributed by atoms with Crippen molar-refractivity contribution < 1.29 is 18.6 Å². The van der Waals surface area contributed by atoms with Crippen LogP contribution in [0.1, 0.15) is 51.0 Å². The van der Waals surface area contributed by atoms with Crippen molar-refractivity contribution in [2.24, 2.45) is 0 Å². The van der Waals surface area contributed by atoms with E-state index in [0.29, 0.717) is 61.8 Å². The van der Waals surface area contributed by atoms with Crippen molar-refractivity contribution in [2.45, 2.75) is 75.0 Å². The molecule has 4 aromatic heterocycles. The van der Waals surface area contributed by atoms with Crippen LogP contribution in [-0.2, 0) is 16.6 Å². The van der Waals surface area contributed by atoms with E-state index >= 15 is 0 Å². The first-order chi connectivity index (χ1) is 21.6. The number of nitrogens with one attached hydrogen (secondary N) is 2. The molecule has 236 valence electrons. The lowest BCUT2D eigenvalue weighted by atomic mass is 9.83. The highest BCUT2D eigenvalue weighted by atomic mass is 32.2. The minimum atomic E-state index is -3.49. The van der Waals surface area contributed by atoms with E-state index in [1.807, 2.05) is 19.1 Å². The molecule has 45 heavy (non-hydrogen) atoms. The molecule has 3 aliphatic rings. The smallest absolute Gasteiger partial charge is 0.256 e. The number of nitrogens with zero attached hydrogens (tertiary/aromatic N) is 7. The van der Waals surface area contributed by atoms with Gasteiger partial charge in [-0.05, 0) is 69.2 Å². The molecule has 14 heteroatoms. The van der Waals surface area contributed by atoms with Crippen molar-refractivity contribution in [1.29, 1.82) is 0 Å². The summed E-state index contributed by atoms with van der Waals surface area (Å²) in [6, 6.07) is 7.89. The van der Waals surface area contributed by atoms with Gasteiger partial charge < -0.3 is 20.8 Å². The largest absolute Gasteiger partial charge is 0.390 e. The van der Waals surface area contributed by atoms with Gasteiger partial charge in [-0.2, -0.15) is 9.19 Å². The summed E-state index contributed by atoms with van der Waals surface area (Å²) in [5.41, 5.74) is 3.48. The quantitative estimate of drug-likeness (QED) is 0.202. The van der Waals surface area contributed by atoms with Gasteiger partial charge in [-0.15, -0.1) is 0 Å². The van der Waals surface area contributed by atoms with E-state index < -0.39 is 15.6 Å². The molecule has 0 aromatic carbocycles. The number of pyridine rings is 2. The van der Waals surface area contributed by atoms with Gasteiger partial charge in [-0.1, -0.05) is 0 Å². The fraction of sp³-hybridized carbons (Fsp3) is 0.452. The number of β-amino-alcohol motifs (C(OH)–C–C–N with tert-alkyl or cyclic N) is 1. The van der Waals surface area contributed by atoms with E-state index in [2.05, 4.69) is 46.6 Å². The second-order valence-electron chi connectivity index (χ2n) is 12.7. The fourth-order valence-corrected chi connectivity index (χ4v) is 7.35. The summed E-state index contributed by atoms with van der Waals surface area (Å²) in [4.78, 5) is 20.5. The molecule has 2 saturated carbocycles. The number of anilines is 3. The van der Waals surface area contributed by atoms with E-state index in [4.69, 9.17) is 0 Å². The molecule has 1 saturated heterocycles. The summed E-state index contributed by atoms with van der Waals surface area (Å²) >= 11 is 0. The highest BCUT2D eigenvalue weighted by molar-refractivity contribution is 7.90. The Morgan fingerprint density at radius 1 is 1.00 bits per heavy atom. The molecule has 0 unspecified atom stereocenters. The van der Waals surface area contributed by atoms with Crippen molar-refractivity contribution in [3.63, 3.8) is 0 Å². The summed E-state index contributed by atoms with van der Waals surface area (Å²) in [6.07, 6.45) is 12.3. The van der Waals surface area contributed by atoms with E-state index in [-0.39, 0.29) is 17.4 Å². The second-order valence-corrected chi connectivity index (χ2v) is 14.7. The zero-order valence-corrected chi connectivity index (χ0v) is 25.9. The first-order valence-electron chi connectivity index (χ1n) is 15.4. The van der Waals surface area contributed by atoms with Crippen molar-refractivity contribution in [3.05, 3.63) is 60.8 Å². The lowest BCUT2D eigenvalue weighted by Gasteiger charge is -2.35. The Hall–Kier alpha value is -3.98. The Morgan fingerprint density at radius 2 is 1.78 bits per heavy atom. The Bertz CT molecular complexity index is 1790. The minimum absolute atomic E-state index is 0.180. The lowest BCUT2D eigenvalue weighted by molar-refractivity contribution is -0.00287. The van der Waals surface area contributed by atoms with E-state index in [1.54, 1.807) is 24.7 Å². The number of aliphatic hydroxyl groups is 2. The molecule has 0 atom stereocenters. The van der Waals surface area contributed by atoms with Gasteiger partial charge >= 0.3 is 0 Å². The number of aliphatic hydroxyl groups excluding tert-OH is 1. The predicted octanol–water partition coefficient (Wildman–Crippen LogP) is 3.16. The van der Waals surface area contributed by atoms with Gasteiger partial charge in [-0.25, -0.2) is 23.4 Å². The first-order valence-corrected chi connectivity index (χ1v) is 16.9. The molecule has 1 aliphatic heterocycles. The maximum absolute atomic E-state index is 12.6. The average molecular weight is 632 g/mol. The normalized spacial score (nSPS) is 22.6. The second kappa shape index (κ2) is 11.7. The molecule has 0 bridgehead atoms. The number of rotatable bonds is 10. The third-order valence-electron chi connectivity index (χ3n) is 8.71. The number of aromatic nitrogens is 6. The predicted molar refractivity (Wildman–Crippen MR) is 169 cm³/mol. The molecular formula is C31H37N9O4S.